The van der Waals surface area contributed by atoms with Gasteiger partial charge < -0.3 is 14.9 Å². The van der Waals surface area contributed by atoms with Crippen molar-refractivity contribution in [1.29, 1.82) is 0 Å². The van der Waals surface area contributed by atoms with Crippen LogP contribution in [-0.2, 0) is 0 Å². The third-order valence-corrected chi connectivity index (χ3v) is 6.20. The fraction of sp³-hybridized carbons (Fsp3) is 0.0476. The van der Waals surface area contributed by atoms with E-state index in [4.69, 9.17) is 16.1 Å². The topological polar surface area (TPSA) is 75.4 Å². The normalized spacial score (nSPS) is 11.1. The third-order valence-electron chi connectivity index (χ3n) is 4.52. The molecule has 1 heterocycles. The molecule has 1 aromatic heterocycles. The Morgan fingerprint density at radius 3 is 2.70 bits per heavy atom. The summed E-state index contributed by atoms with van der Waals surface area (Å²) in [7, 11) is 0. The van der Waals surface area contributed by atoms with Crippen molar-refractivity contribution < 1.29 is 18.8 Å². The summed E-state index contributed by atoms with van der Waals surface area (Å²) in [6.45, 7) is 1.81. The van der Waals surface area contributed by atoms with E-state index in [2.05, 4.69) is 33.1 Å². The number of phenols is 1. The van der Waals surface area contributed by atoms with E-state index in [9.17, 15) is 14.3 Å². The number of rotatable bonds is 3. The summed E-state index contributed by atoms with van der Waals surface area (Å²) in [5.74, 6) is -1.03. The Morgan fingerprint density at radius 1 is 1.20 bits per heavy atom. The summed E-state index contributed by atoms with van der Waals surface area (Å²) in [4.78, 5) is 12.7. The van der Waals surface area contributed by atoms with E-state index in [1.54, 1.807) is 36.4 Å². The van der Waals surface area contributed by atoms with Crippen molar-refractivity contribution in [3.8, 4) is 17.0 Å². The number of aryl methyl sites for hydroxylation is 1. The average molecular weight is 649 g/mol. The molecule has 0 aliphatic carbocycles. The van der Waals surface area contributed by atoms with Crippen LogP contribution in [0.15, 0.2) is 47.0 Å². The molecule has 4 aromatic rings. The molecule has 0 aliphatic rings. The first-order chi connectivity index (χ1) is 14.2. The molecule has 0 saturated heterocycles. The molecule has 3 aromatic carbocycles. The van der Waals surface area contributed by atoms with Crippen LogP contribution in [0.3, 0.4) is 0 Å². The number of benzene rings is 3. The number of aromatic hydroxyl groups is 1. The maximum Gasteiger partial charge on any atom is 0.259 e. The largest absolute Gasteiger partial charge is 0.506 e. The molecule has 0 spiro atoms. The Balaban J connectivity index is 1.72. The number of nitrogens with zero attached hydrogens (tertiary/aromatic N) is 1. The van der Waals surface area contributed by atoms with Crippen LogP contribution < -0.4 is 5.32 Å². The van der Waals surface area contributed by atoms with Crippen molar-refractivity contribution in [3.63, 3.8) is 0 Å². The van der Waals surface area contributed by atoms with E-state index < -0.39 is 11.7 Å². The molecular formula is C21H12ClFI2N2O3. The molecule has 152 valence electrons. The van der Waals surface area contributed by atoms with Gasteiger partial charge in [-0.3, -0.25) is 4.79 Å². The standard InChI is InChI=1S/C21H12ClFI2N2O3/c1-9-4-13-18(30-27-19(13)12-3-2-10(22)5-15(12)23)8-17(9)26-21(29)14-6-11(24)7-16(25)20(14)28/h2-8,28H,1H3,(H,26,29). The van der Waals surface area contributed by atoms with Gasteiger partial charge >= 0.3 is 0 Å². The lowest BCUT2D eigenvalue weighted by molar-refractivity contribution is 0.102. The molecule has 1 amide bonds. The van der Waals surface area contributed by atoms with Crippen molar-refractivity contribution in [2.75, 3.05) is 5.32 Å². The number of phenolic OH excluding ortho intramolecular Hbond substituents is 1. The second kappa shape index (κ2) is 8.31. The Kier molecular flexibility index (Phi) is 5.90. The zero-order valence-corrected chi connectivity index (χ0v) is 20.3. The predicted octanol–water partition coefficient (Wildman–Crippen LogP) is 6.76. The van der Waals surface area contributed by atoms with Gasteiger partial charge in [-0.15, -0.1) is 0 Å². The van der Waals surface area contributed by atoms with Gasteiger partial charge in [0.25, 0.3) is 5.91 Å². The second-order valence-corrected chi connectivity index (χ2v) is 9.40. The monoisotopic (exact) mass is 648 g/mol. The van der Waals surface area contributed by atoms with Crippen molar-refractivity contribution >= 4 is 79.3 Å². The first-order valence-corrected chi connectivity index (χ1v) is 11.1. The number of carbonyl (C=O) groups excluding carboxylic acids is 1. The molecule has 2 N–H and O–H groups in total. The van der Waals surface area contributed by atoms with Crippen molar-refractivity contribution in [3.05, 3.63) is 71.6 Å². The van der Waals surface area contributed by atoms with Crippen LogP contribution in [0, 0.1) is 19.9 Å². The molecule has 5 nitrogen and oxygen atoms in total. The van der Waals surface area contributed by atoms with Crippen LogP contribution in [-0.4, -0.2) is 16.2 Å². The van der Waals surface area contributed by atoms with Crippen molar-refractivity contribution in [1.82, 2.24) is 5.16 Å². The van der Waals surface area contributed by atoms with Crippen LogP contribution >= 0.6 is 56.8 Å². The fourth-order valence-corrected chi connectivity index (χ4v) is 5.04. The van der Waals surface area contributed by atoms with Gasteiger partial charge in [-0.05, 0) is 94.1 Å². The predicted molar refractivity (Wildman–Crippen MR) is 131 cm³/mol. The minimum atomic E-state index is -0.503. The van der Waals surface area contributed by atoms with Crippen LogP contribution in [0.4, 0.5) is 10.1 Å². The smallest absolute Gasteiger partial charge is 0.259 e. The quantitative estimate of drug-likeness (QED) is 0.241. The number of carbonyl (C=O) groups is 1. The summed E-state index contributed by atoms with van der Waals surface area (Å²) < 4.78 is 21.1. The fourth-order valence-electron chi connectivity index (χ4n) is 3.03. The minimum absolute atomic E-state index is 0.0765. The number of hydrogen-bond donors (Lipinski definition) is 2. The first-order valence-electron chi connectivity index (χ1n) is 8.59. The number of anilines is 1. The molecule has 0 unspecified atom stereocenters. The van der Waals surface area contributed by atoms with Gasteiger partial charge in [0, 0.05) is 25.9 Å². The molecule has 0 aliphatic heterocycles. The van der Waals surface area contributed by atoms with E-state index in [0.29, 0.717) is 30.9 Å². The maximum atomic E-state index is 14.3. The SMILES string of the molecule is Cc1cc2c(-c3ccc(Cl)cc3F)noc2cc1NC(=O)c1cc(I)cc(I)c1O. The lowest BCUT2D eigenvalue weighted by Crippen LogP contribution is -2.13. The van der Waals surface area contributed by atoms with E-state index in [1.807, 2.05) is 29.5 Å². The van der Waals surface area contributed by atoms with Crippen LogP contribution in [0.1, 0.15) is 15.9 Å². The Labute approximate surface area is 202 Å². The number of amides is 1. The van der Waals surface area contributed by atoms with Crippen LogP contribution in [0.5, 0.6) is 5.75 Å². The zero-order valence-electron chi connectivity index (χ0n) is 15.3. The number of hydrogen-bond acceptors (Lipinski definition) is 4. The Hall–Kier alpha value is -1.92. The van der Waals surface area contributed by atoms with Crippen LogP contribution in [0.2, 0.25) is 5.02 Å². The van der Waals surface area contributed by atoms with Gasteiger partial charge in [0.1, 0.15) is 17.3 Å². The molecular weight excluding hydrogens is 637 g/mol. The van der Waals surface area contributed by atoms with Gasteiger partial charge in [0.15, 0.2) is 5.58 Å². The van der Waals surface area contributed by atoms with E-state index >= 15 is 0 Å². The van der Waals surface area contributed by atoms with Gasteiger partial charge in [-0.2, -0.15) is 0 Å². The molecule has 0 saturated carbocycles. The molecule has 4 rings (SSSR count). The lowest BCUT2D eigenvalue weighted by atomic mass is 10.0. The number of aromatic nitrogens is 1. The highest BCUT2D eigenvalue weighted by Crippen LogP contribution is 2.34. The highest BCUT2D eigenvalue weighted by molar-refractivity contribution is 14.1. The maximum absolute atomic E-state index is 14.3. The molecule has 0 radical (unpaired) electrons. The van der Waals surface area contributed by atoms with Gasteiger partial charge in [0.05, 0.1) is 14.5 Å². The zero-order chi connectivity index (χ0) is 21.6. The molecule has 9 heteroatoms. The summed E-state index contributed by atoms with van der Waals surface area (Å²) >= 11 is 9.89. The van der Waals surface area contributed by atoms with E-state index in [-0.39, 0.29) is 16.9 Å². The first kappa shape index (κ1) is 21.3. The Morgan fingerprint density at radius 2 is 1.97 bits per heavy atom. The van der Waals surface area contributed by atoms with Gasteiger partial charge in [-0.1, -0.05) is 16.8 Å². The molecule has 30 heavy (non-hydrogen) atoms. The van der Waals surface area contributed by atoms with Crippen molar-refractivity contribution in [2.45, 2.75) is 6.92 Å². The summed E-state index contributed by atoms with van der Waals surface area (Å²) in [5.41, 5.74) is 2.42. The summed E-state index contributed by atoms with van der Waals surface area (Å²) in [6, 6.07) is 11.1. The highest BCUT2D eigenvalue weighted by Gasteiger charge is 2.19. The van der Waals surface area contributed by atoms with Crippen molar-refractivity contribution in [2.24, 2.45) is 0 Å². The number of nitrogens with one attached hydrogen (secondary N) is 1. The van der Waals surface area contributed by atoms with E-state index in [1.165, 1.54) is 6.07 Å². The molecule has 0 bridgehead atoms. The molecule has 0 atom stereocenters. The minimum Gasteiger partial charge on any atom is -0.506 e. The third kappa shape index (κ3) is 4.00. The summed E-state index contributed by atoms with van der Waals surface area (Å²) in [5, 5.41) is 17.9. The highest BCUT2D eigenvalue weighted by atomic mass is 127. The van der Waals surface area contributed by atoms with Gasteiger partial charge in [0.2, 0.25) is 0 Å². The molecule has 0 fully saturated rings. The second-order valence-electron chi connectivity index (χ2n) is 6.56. The number of halogens is 4. The average Bonchev–Trinajstić information content (AvgIpc) is 3.07. The Bertz CT molecular complexity index is 1320. The number of fused-ring (bicyclic) bond motifs is 1. The van der Waals surface area contributed by atoms with Crippen LogP contribution in [0.25, 0.3) is 22.2 Å². The summed E-state index contributed by atoms with van der Waals surface area (Å²) in [6.07, 6.45) is 0. The lowest BCUT2D eigenvalue weighted by Gasteiger charge is -2.11. The van der Waals surface area contributed by atoms with E-state index in [0.717, 1.165) is 9.13 Å². The van der Waals surface area contributed by atoms with Gasteiger partial charge in [-0.25, -0.2) is 4.39 Å².